The molecule has 0 aliphatic rings. The van der Waals surface area contributed by atoms with Gasteiger partial charge in [-0.05, 0) is 32.1 Å². The Morgan fingerprint density at radius 2 is 2.10 bits per heavy atom. The highest BCUT2D eigenvalue weighted by Gasteiger charge is 2.08. The fourth-order valence-electron chi connectivity index (χ4n) is 1.95. The third-order valence-electron chi connectivity index (χ3n) is 3.00. The highest BCUT2D eigenvalue weighted by Crippen LogP contribution is 2.20. The van der Waals surface area contributed by atoms with E-state index in [-0.39, 0.29) is 0 Å². The highest BCUT2D eigenvalue weighted by atomic mass is 32.1. The Labute approximate surface area is 133 Å². The van der Waals surface area contributed by atoms with Crippen LogP contribution in [0.5, 0.6) is 0 Å². The fourth-order valence-corrected chi connectivity index (χ4v) is 2.73. The summed E-state index contributed by atoms with van der Waals surface area (Å²) in [6.45, 7) is 13.6. The molecule has 120 valence electrons. The second kappa shape index (κ2) is 9.03. The van der Waals surface area contributed by atoms with Crippen molar-refractivity contribution in [2.45, 2.75) is 53.9 Å². The molecule has 0 aliphatic heterocycles. The molecule has 0 fully saturated rings. The summed E-state index contributed by atoms with van der Waals surface area (Å²) in [7, 11) is 0. The molecular formula is C16H30N4S. The first-order chi connectivity index (χ1) is 9.90. The van der Waals surface area contributed by atoms with Gasteiger partial charge in [0, 0.05) is 37.1 Å². The smallest absolute Gasteiger partial charge is 0.191 e. The van der Waals surface area contributed by atoms with Gasteiger partial charge in [-0.25, -0.2) is 4.98 Å². The first-order valence-electron chi connectivity index (χ1n) is 7.84. The average Bonchev–Trinajstić information content (AvgIpc) is 2.79. The number of aryl methyl sites for hydroxylation is 1. The van der Waals surface area contributed by atoms with Crippen molar-refractivity contribution in [3.05, 3.63) is 16.1 Å². The Balaban J connectivity index is 2.31. The van der Waals surface area contributed by atoms with Crippen molar-refractivity contribution in [2.24, 2.45) is 10.4 Å². The Morgan fingerprint density at radius 3 is 2.67 bits per heavy atom. The van der Waals surface area contributed by atoms with Crippen LogP contribution in [0.15, 0.2) is 11.2 Å². The van der Waals surface area contributed by atoms with Crippen molar-refractivity contribution in [3.8, 4) is 0 Å². The minimum Gasteiger partial charge on any atom is -0.357 e. The van der Waals surface area contributed by atoms with Crippen LogP contribution >= 0.6 is 11.3 Å². The minimum absolute atomic E-state index is 0.393. The van der Waals surface area contributed by atoms with Gasteiger partial charge in [0.2, 0.25) is 0 Å². The maximum atomic E-state index is 4.63. The van der Waals surface area contributed by atoms with Crippen molar-refractivity contribution in [2.75, 3.05) is 19.6 Å². The average molecular weight is 311 g/mol. The number of nitrogens with zero attached hydrogens (tertiary/aromatic N) is 2. The number of hydrogen-bond acceptors (Lipinski definition) is 3. The van der Waals surface area contributed by atoms with Gasteiger partial charge in [-0.3, -0.25) is 4.99 Å². The lowest BCUT2D eigenvalue weighted by Crippen LogP contribution is -2.38. The van der Waals surface area contributed by atoms with E-state index in [1.807, 2.05) is 6.20 Å². The quantitative estimate of drug-likeness (QED) is 0.461. The zero-order valence-electron chi connectivity index (χ0n) is 14.1. The molecule has 0 aromatic carbocycles. The number of nitrogens with one attached hydrogen (secondary N) is 2. The highest BCUT2D eigenvalue weighted by molar-refractivity contribution is 7.11. The van der Waals surface area contributed by atoms with Crippen molar-refractivity contribution in [3.63, 3.8) is 0 Å². The summed E-state index contributed by atoms with van der Waals surface area (Å²) >= 11 is 1.77. The van der Waals surface area contributed by atoms with Gasteiger partial charge in [0.25, 0.3) is 0 Å². The molecular weight excluding hydrogens is 280 g/mol. The fraction of sp³-hybridized carbons (Fsp3) is 0.750. The molecule has 0 amide bonds. The molecule has 21 heavy (non-hydrogen) atoms. The molecule has 1 rings (SSSR count). The second-order valence-electron chi connectivity index (χ2n) is 6.47. The maximum absolute atomic E-state index is 4.63. The summed E-state index contributed by atoms with van der Waals surface area (Å²) < 4.78 is 0. The largest absolute Gasteiger partial charge is 0.357 e. The summed E-state index contributed by atoms with van der Waals surface area (Å²) in [5, 5.41) is 7.86. The molecule has 2 N–H and O–H groups in total. The van der Waals surface area contributed by atoms with Crippen molar-refractivity contribution in [1.82, 2.24) is 15.6 Å². The third-order valence-corrected chi connectivity index (χ3v) is 3.97. The van der Waals surface area contributed by atoms with E-state index in [0.29, 0.717) is 5.41 Å². The Kier molecular flexibility index (Phi) is 7.72. The summed E-state index contributed by atoms with van der Waals surface area (Å²) in [6, 6.07) is 0. The lowest BCUT2D eigenvalue weighted by molar-refractivity contribution is 0.368. The first kappa shape index (κ1) is 18.0. The van der Waals surface area contributed by atoms with Gasteiger partial charge in [0.05, 0.1) is 5.01 Å². The topological polar surface area (TPSA) is 49.3 Å². The van der Waals surface area contributed by atoms with Crippen LogP contribution in [0.25, 0.3) is 0 Å². The Bertz CT molecular complexity index is 432. The summed E-state index contributed by atoms with van der Waals surface area (Å²) in [4.78, 5) is 10.3. The monoisotopic (exact) mass is 310 g/mol. The van der Waals surface area contributed by atoms with E-state index in [9.17, 15) is 0 Å². The summed E-state index contributed by atoms with van der Waals surface area (Å²) in [5.41, 5.74) is 0.393. The van der Waals surface area contributed by atoms with Crippen molar-refractivity contribution >= 4 is 17.3 Å². The second-order valence-corrected chi connectivity index (χ2v) is 7.79. The van der Waals surface area contributed by atoms with Crippen LogP contribution in [0.2, 0.25) is 0 Å². The molecule has 0 saturated heterocycles. The molecule has 0 unspecified atom stereocenters. The zero-order chi connectivity index (χ0) is 15.7. The molecule has 0 atom stereocenters. The molecule has 5 heteroatoms. The van der Waals surface area contributed by atoms with Crippen molar-refractivity contribution in [1.29, 1.82) is 0 Å². The van der Waals surface area contributed by atoms with Gasteiger partial charge in [-0.1, -0.05) is 20.8 Å². The van der Waals surface area contributed by atoms with Crippen molar-refractivity contribution < 1.29 is 0 Å². The van der Waals surface area contributed by atoms with E-state index in [4.69, 9.17) is 0 Å². The number of thiazole rings is 1. The molecule has 1 heterocycles. The number of aromatic nitrogens is 1. The van der Waals surface area contributed by atoms with E-state index in [1.54, 1.807) is 11.3 Å². The van der Waals surface area contributed by atoms with Gasteiger partial charge in [-0.15, -0.1) is 11.3 Å². The molecule has 1 aromatic heterocycles. The third kappa shape index (κ3) is 8.71. The normalized spacial score (nSPS) is 12.5. The zero-order valence-corrected chi connectivity index (χ0v) is 14.9. The standard InChI is InChI=1S/C16H30N4S/c1-6-17-15(18-10-7-9-16(3,4)5)19-11-8-14-20-12-13(2)21-14/h12H,6-11H2,1-5H3,(H2,17,18,19). The molecule has 0 radical (unpaired) electrons. The van der Waals surface area contributed by atoms with Crippen LogP contribution in [0.3, 0.4) is 0 Å². The number of rotatable bonds is 7. The molecule has 0 spiro atoms. The first-order valence-corrected chi connectivity index (χ1v) is 8.66. The number of aliphatic imine (C=N–C) groups is 1. The van der Waals surface area contributed by atoms with Crippen LogP contribution in [-0.4, -0.2) is 30.6 Å². The van der Waals surface area contributed by atoms with E-state index >= 15 is 0 Å². The van der Waals surface area contributed by atoms with Crippen LogP contribution < -0.4 is 10.6 Å². The Hall–Kier alpha value is -1.10. The lowest BCUT2D eigenvalue weighted by Gasteiger charge is -2.17. The maximum Gasteiger partial charge on any atom is 0.191 e. The predicted molar refractivity (Wildman–Crippen MR) is 93.2 cm³/mol. The van der Waals surface area contributed by atoms with E-state index in [2.05, 4.69) is 55.2 Å². The van der Waals surface area contributed by atoms with Crippen LogP contribution in [-0.2, 0) is 6.42 Å². The van der Waals surface area contributed by atoms with Gasteiger partial charge in [0.1, 0.15) is 0 Å². The molecule has 0 bridgehead atoms. The van der Waals surface area contributed by atoms with E-state index in [1.165, 1.54) is 16.3 Å². The van der Waals surface area contributed by atoms with Gasteiger partial charge in [-0.2, -0.15) is 0 Å². The predicted octanol–water partition coefficient (Wildman–Crippen LogP) is 3.38. The SMILES string of the molecule is CCNC(=NCCCC(C)(C)C)NCCc1ncc(C)s1. The van der Waals surface area contributed by atoms with Crippen LogP contribution in [0.1, 0.15) is 50.4 Å². The summed E-state index contributed by atoms with van der Waals surface area (Å²) in [6.07, 6.45) is 5.22. The number of hydrogen-bond donors (Lipinski definition) is 2. The number of guanidine groups is 1. The van der Waals surface area contributed by atoms with Gasteiger partial charge < -0.3 is 10.6 Å². The lowest BCUT2D eigenvalue weighted by atomic mass is 9.91. The van der Waals surface area contributed by atoms with Gasteiger partial charge >= 0.3 is 0 Å². The molecule has 1 aromatic rings. The molecule has 4 nitrogen and oxygen atoms in total. The Morgan fingerprint density at radius 1 is 1.33 bits per heavy atom. The summed E-state index contributed by atoms with van der Waals surface area (Å²) in [5.74, 6) is 0.916. The van der Waals surface area contributed by atoms with E-state index < -0.39 is 0 Å². The van der Waals surface area contributed by atoms with E-state index in [0.717, 1.165) is 38.4 Å². The molecule has 0 aliphatic carbocycles. The van der Waals surface area contributed by atoms with Crippen LogP contribution in [0, 0.1) is 12.3 Å². The minimum atomic E-state index is 0.393. The molecule has 0 saturated carbocycles. The van der Waals surface area contributed by atoms with Gasteiger partial charge in [0.15, 0.2) is 5.96 Å². The van der Waals surface area contributed by atoms with Crippen LogP contribution in [0.4, 0.5) is 0 Å².